The van der Waals surface area contributed by atoms with E-state index in [1.165, 1.54) is 12.8 Å². The molecule has 0 aliphatic rings. The second-order valence-electron chi connectivity index (χ2n) is 2.31. The molecule has 1 heteroatoms. The first-order valence-electron chi connectivity index (χ1n) is 3.70. The minimum atomic E-state index is -0.170. The van der Waals surface area contributed by atoms with Gasteiger partial charge in [-0.25, -0.2) is 0 Å². The third-order valence-electron chi connectivity index (χ3n) is 1.26. The van der Waals surface area contributed by atoms with Crippen molar-refractivity contribution in [3.63, 3.8) is 0 Å². The molecule has 0 aromatic rings. The fourth-order valence-electron chi connectivity index (χ4n) is 0.625. The van der Waals surface area contributed by atoms with Crippen molar-refractivity contribution in [3.8, 4) is 6.07 Å². The molecule has 1 unspecified atom stereocenters. The number of unbranched alkanes of at least 4 members (excludes halogenated alkanes) is 2. The summed E-state index contributed by atoms with van der Waals surface area (Å²) in [6, 6.07) is 2.04. The average molecular weight is 136 g/mol. The van der Waals surface area contributed by atoms with Crippen molar-refractivity contribution < 1.29 is 0 Å². The first-order chi connectivity index (χ1) is 4.81. The summed E-state index contributed by atoms with van der Waals surface area (Å²) in [6.45, 7) is 5.76. The lowest BCUT2D eigenvalue weighted by atomic mass is 10.1. The lowest BCUT2D eigenvalue weighted by molar-refractivity contribution is 0.811. The lowest BCUT2D eigenvalue weighted by Crippen LogP contribution is -1.81. The highest BCUT2D eigenvalue weighted by Gasteiger charge is 1.88. The maximum atomic E-state index is 8.33. The molecule has 0 N–H and O–H groups in total. The van der Waals surface area contributed by atoms with Crippen molar-refractivity contribution in [3.05, 3.63) is 19.1 Å². The monoisotopic (exact) mass is 136 g/mol. The molecule has 0 saturated carbocycles. The molecule has 0 aliphatic heterocycles. The normalized spacial score (nSPS) is 13.3. The van der Waals surface area contributed by atoms with Gasteiger partial charge in [0.05, 0.1) is 12.0 Å². The van der Waals surface area contributed by atoms with Crippen LogP contribution in [0.2, 0.25) is 0 Å². The largest absolute Gasteiger partial charge is 0.198 e. The van der Waals surface area contributed by atoms with Gasteiger partial charge in [-0.05, 0) is 13.3 Å². The number of nitrogens with zero attached hydrogens (tertiary/aromatic N) is 1. The summed E-state index contributed by atoms with van der Waals surface area (Å²) in [5.74, 6) is -0.170. The van der Waals surface area contributed by atoms with E-state index in [9.17, 15) is 0 Å². The van der Waals surface area contributed by atoms with Gasteiger partial charge in [0.25, 0.3) is 0 Å². The SMILES string of the molecule is [CH2]C(C#N)C=CCCCC. The first-order valence-corrected chi connectivity index (χ1v) is 3.70. The second kappa shape index (κ2) is 6.35. The Labute approximate surface area is 63.4 Å². The zero-order valence-electron chi connectivity index (χ0n) is 6.51. The Bertz CT molecular complexity index is 130. The summed E-state index contributed by atoms with van der Waals surface area (Å²) in [4.78, 5) is 0. The van der Waals surface area contributed by atoms with E-state index in [-0.39, 0.29) is 5.92 Å². The fourth-order valence-corrected chi connectivity index (χ4v) is 0.625. The molecule has 0 spiro atoms. The van der Waals surface area contributed by atoms with Crippen LogP contribution in [0.4, 0.5) is 0 Å². The van der Waals surface area contributed by atoms with E-state index < -0.39 is 0 Å². The van der Waals surface area contributed by atoms with Crippen LogP contribution in [0.3, 0.4) is 0 Å². The Morgan fingerprint density at radius 2 is 2.40 bits per heavy atom. The predicted octanol–water partition coefficient (Wildman–Crippen LogP) is 2.71. The summed E-state index contributed by atoms with van der Waals surface area (Å²) >= 11 is 0. The highest BCUT2D eigenvalue weighted by molar-refractivity contribution is 5.01. The molecular weight excluding hydrogens is 122 g/mol. The minimum absolute atomic E-state index is 0.170. The smallest absolute Gasteiger partial charge is 0.0697 e. The Kier molecular flexibility index (Phi) is 5.86. The molecule has 1 atom stereocenters. The number of allylic oxidation sites excluding steroid dienone is 2. The van der Waals surface area contributed by atoms with E-state index in [0.717, 1.165) is 6.42 Å². The minimum Gasteiger partial charge on any atom is -0.198 e. The van der Waals surface area contributed by atoms with Gasteiger partial charge in [0.1, 0.15) is 0 Å². The van der Waals surface area contributed by atoms with Crippen LogP contribution in [0.5, 0.6) is 0 Å². The van der Waals surface area contributed by atoms with E-state index >= 15 is 0 Å². The third kappa shape index (κ3) is 5.37. The Morgan fingerprint density at radius 3 is 2.90 bits per heavy atom. The van der Waals surface area contributed by atoms with Gasteiger partial charge in [0.15, 0.2) is 0 Å². The topological polar surface area (TPSA) is 23.8 Å². The molecule has 0 bridgehead atoms. The highest BCUT2D eigenvalue weighted by Crippen LogP contribution is 1.98. The van der Waals surface area contributed by atoms with Gasteiger partial charge in [0, 0.05) is 0 Å². The molecule has 1 nitrogen and oxygen atoms in total. The van der Waals surface area contributed by atoms with Crippen molar-refractivity contribution in [2.45, 2.75) is 26.2 Å². The van der Waals surface area contributed by atoms with Gasteiger partial charge in [-0.15, -0.1) is 0 Å². The van der Waals surface area contributed by atoms with Crippen LogP contribution in [0.1, 0.15) is 26.2 Å². The molecule has 0 saturated heterocycles. The third-order valence-corrected chi connectivity index (χ3v) is 1.26. The average Bonchev–Trinajstić information content (AvgIpc) is 1.98. The molecule has 0 aliphatic carbocycles. The molecule has 0 rings (SSSR count). The van der Waals surface area contributed by atoms with E-state index in [1.807, 2.05) is 18.2 Å². The molecule has 1 radical (unpaired) electrons. The van der Waals surface area contributed by atoms with E-state index in [2.05, 4.69) is 13.8 Å². The molecule has 0 aromatic carbocycles. The summed E-state index contributed by atoms with van der Waals surface area (Å²) in [6.07, 6.45) is 7.37. The van der Waals surface area contributed by atoms with Gasteiger partial charge in [-0.1, -0.05) is 31.9 Å². The van der Waals surface area contributed by atoms with Crippen LogP contribution in [-0.4, -0.2) is 0 Å². The van der Waals surface area contributed by atoms with Crippen molar-refractivity contribution >= 4 is 0 Å². The zero-order chi connectivity index (χ0) is 7.82. The van der Waals surface area contributed by atoms with E-state index in [4.69, 9.17) is 5.26 Å². The van der Waals surface area contributed by atoms with Crippen LogP contribution >= 0.6 is 0 Å². The lowest BCUT2D eigenvalue weighted by Gasteiger charge is -1.90. The Hall–Kier alpha value is -0.770. The number of nitriles is 1. The summed E-state index contributed by atoms with van der Waals surface area (Å²) < 4.78 is 0. The van der Waals surface area contributed by atoms with Crippen LogP contribution in [0.25, 0.3) is 0 Å². The van der Waals surface area contributed by atoms with Gasteiger partial charge < -0.3 is 0 Å². The Balaban J connectivity index is 3.29. The van der Waals surface area contributed by atoms with Crippen LogP contribution < -0.4 is 0 Å². The molecule has 0 aromatic heterocycles. The second-order valence-corrected chi connectivity index (χ2v) is 2.31. The molecule has 0 fully saturated rings. The van der Waals surface area contributed by atoms with E-state index in [0.29, 0.717) is 0 Å². The zero-order valence-corrected chi connectivity index (χ0v) is 6.51. The highest BCUT2D eigenvalue weighted by atomic mass is 14.2. The van der Waals surface area contributed by atoms with Crippen molar-refractivity contribution in [2.24, 2.45) is 5.92 Å². The maximum Gasteiger partial charge on any atom is 0.0697 e. The van der Waals surface area contributed by atoms with Crippen molar-refractivity contribution in [1.29, 1.82) is 5.26 Å². The number of rotatable bonds is 4. The van der Waals surface area contributed by atoms with Crippen LogP contribution in [0, 0.1) is 24.2 Å². The van der Waals surface area contributed by atoms with Gasteiger partial charge in [-0.2, -0.15) is 5.26 Å². The molecule has 0 heterocycles. The van der Waals surface area contributed by atoms with Gasteiger partial charge in [-0.3, -0.25) is 0 Å². The molecular formula is C9H14N. The van der Waals surface area contributed by atoms with Crippen LogP contribution in [-0.2, 0) is 0 Å². The summed E-state index contributed by atoms with van der Waals surface area (Å²) in [5.41, 5.74) is 0. The first kappa shape index (κ1) is 9.23. The number of hydrogen-bond donors (Lipinski definition) is 0. The van der Waals surface area contributed by atoms with Crippen LogP contribution in [0.15, 0.2) is 12.2 Å². The van der Waals surface area contributed by atoms with E-state index in [1.54, 1.807) is 0 Å². The number of hydrogen-bond acceptors (Lipinski definition) is 1. The summed E-state index contributed by atoms with van der Waals surface area (Å²) in [5, 5.41) is 8.33. The fraction of sp³-hybridized carbons (Fsp3) is 0.556. The standard InChI is InChI=1S/C9H14N/c1-3-4-5-6-7-9(2)8-10/h6-7,9H,2-5H2,1H3. The van der Waals surface area contributed by atoms with Crippen molar-refractivity contribution in [2.75, 3.05) is 0 Å². The quantitative estimate of drug-likeness (QED) is 0.430. The molecule has 55 valence electrons. The molecule has 0 amide bonds. The van der Waals surface area contributed by atoms with Gasteiger partial charge in [0.2, 0.25) is 0 Å². The van der Waals surface area contributed by atoms with Gasteiger partial charge >= 0.3 is 0 Å². The predicted molar refractivity (Wildman–Crippen MR) is 43.1 cm³/mol. The maximum absolute atomic E-state index is 8.33. The Morgan fingerprint density at radius 1 is 1.70 bits per heavy atom. The molecule has 10 heavy (non-hydrogen) atoms. The summed E-state index contributed by atoms with van der Waals surface area (Å²) in [7, 11) is 0. The van der Waals surface area contributed by atoms with Crippen molar-refractivity contribution in [1.82, 2.24) is 0 Å².